The number of amides is 2. The molecule has 1 aromatic rings. The number of hydrogen-bond donors (Lipinski definition) is 5. The number of anilines is 1. The molecule has 208 valence electrons. The number of aliphatic carboxylic acids is 1. The van der Waals surface area contributed by atoms with E-state index in [1.54, 1.807) is 6.92 Å². The van der Waals surface area contributed by atoms with E-state index in [2.05, 4.69) is 5.32 Å². The second-order valence-electron chi connectivity index (χ2n) is 8.60. The van der Waals surface area contributed by atoms with Crippen LogP contribution in [0.3, 0.4) is 0 Å². The summed E-state index contributed by atoms with van der Waals surface area (Å²) < 4.78 is 20.7. The highest BCUT2D eigenvalue weighted by molar-refractivity contribution is 6.21. The zero-order chi connectivity index (χ0) is 28.0. The van der Waals surface area contributed by atoms with E-state index in [4.69, 9.17) is 18.9 Å². The molecule has 2 heterocycles. The van der Waals surface area contributed by atoms with Crippen LogP contribution in [0.15, 0.2) is 18.2 Å². The molecule has 0 spiro atoms. The smallest absolute Gasteiger partial charge is 0.335 e. The molecule has 2 amide bonds. The number of ether oxygens (including phenoxy) is 4. The van der Waals surface area contributed by atoms with Crippen molar-refractivity contribution in [3.05, 3.63) is 23.8 Å². The minimum absolute atomic E-state index is 0.0507. The molecule has 0 saturated carbocycles. The number of rotatable bonds is 12. The summed E-state index contributed by atoms with van der Waals surface area (Å²) in [6.07, 6.45) is -8.97. The number of carbonyl (C=O) groups excluding carboxylic acids is 4. The first-order chi connectivity index (χ1) is 18.0. The van der Waals surface area contributed by atoms with Crippen molar-refractivity contribution >= 4 is 35.7 Å². The van der Waals surface area contributed by atoms with Crippen LogP contribution in [0.4, 0.5) is 5.69 Å². The zero-order valence-corrected chi connectivity index (χ0v) is 20.2. The van der Waals surface area contributed by atoms with Crippen molar-refractivity contribution in [1.82, 2.24) is 5.32 Å². The van der Waals surface area contributed by atoms with Crippen LogP contribution in [-0.2, 0) is 44.8 Å². The average Bonchev–Trinajstić information content (AvgIpc) is 3.13. The molecule has 2 fully saturated rings. The first-order valence-corrected chi connectivity index (χ1v) is 11.5. The lowest BCUT2D eigenvalue weighted by Crippen LogP contribution is -2.61. The number of imide groups is 1. The highest BCUT2D eigenvalue weighted by Gasteiger charge is 2.48. The Bertz CT molecular complexity index is 1060. The van der Waals surface area contributed by atoms with Gasteiger partial charge in [-0.15, -0.1) is 0 Å². The van der Waals surface area contributed by atoms with Gasteiger partial charge in [-0.05, 0) is 17.7 Å². The van der Waals surface area contributed by atoms with Crippen molar-refractivity contribution in [1.29, 1.82) is 0 Å². The lowest BCUT2D eigenvalue weighted by Gasteiger charge is -2.38. The van der Waals surface area contributed by atoms with Gasteiger partial charge in [0.15, 0.2) is 6.10 Å². The van der Waals surface area contributed by atoms with Gasteiger partial charge < -0.3 is 44.2 Å². The molecule has 0 bridgehead atoms. The van der Waals surface area contributed by atoms with Gasteiger partial charge in [0.1, 0.15) is 43.6 Å². The highest BCUT2D eigenvalue weighted by atomic mass is 16.7. The maximum Gasteiger partial charge on any atom is 0.335 e. The number of aldehydes is 1. The summed E-state index contributed by atoms with van der Waals surface area (Å²) >= 11 is 0. The van der Waals surface area contributed by atoms with Crippen LogP contribution in [-0.4, -0.2) is 101 Å². The van der Waals surface area contributed by atoms with Gasteiger partial charge in [0.25, 0.3) is 0 Å². The topological polar surface area (TPSA) is 218 Å². The Morgan fingerprint density at radius 1 is 1.18 bits per heavy atom. The minimum atomic E-state index is -1.94. The molecule has 3 rings (SSSR count). The number of hydrogen-bond acceptors (Lipinski definition) is 13. The number of esters is 1. The van der Waals surface area contributed by atoms with Crippen molar-refractivity contribution < 1.29 is 63.3 Å². The normalized spacial score (nSPS) is 27.3. The van der Waals surface area contributed by atoms with E-state index in [9.17, 15) is 44.4 Å². The van der Waals surface area contributed by atoms with Gasteiger partial charge in [-0.3, -0.25) is 19.7 Å². The van der Waals surface area contributed by atoms with Crippen LogP contribution in [0, 0.1) is 5.92 Å². The molecule has 0 radical (unpaired) electrons. The first-order valence-electron chi connectivity index (χ1n) is 11.5. The molecule has 2 aliphatic rings. The van der Waals surface area contributed by atoms with E-state index in [0.717, 1.165) is 4.90 Å². The molecule has 1 unspecified atom stereocenters. The quantitative estimate of drug-likeness (QED) is 0.0617. The Balaban J connectivity index is 1.80. The molecule has 2 aliphatic heterocycles. The third-order valence-electron chi connectivity index (χ3n) is 5.75. The largest absolute Gasteiger partial charge is 0.479 e. The van der Waals surface area contributed by atoms with Crippen LogP contribution in [0.1, 0.15) is 18.9 Å². The Labute approximate surface area is 215 Å². The summed E-state index contributed by atoms with van der Waals surface area (Å²) in [6, 6.07) is 4.05. The predicted octanol–water partition coefficient (Wildman–Crippen LogP) is -2.34. The number of aliphatic hydroxyl groups is 3. The number of nitrogens with one attached hydrogen (secondary N) is 1. The summed E-state index contributed by atoms with van der Waals surface area (Å²) in [4.78, 5) is 59.7. The molecule has 38 heavy (non-hydrogen) atoms. The van der Waals surface area contributed by atoms with Gasteiger partial charge in [-0.25, -0.2) is 9.69 Å². The summed E-state index contributed by atoms with van der Waals surface area (Å²) in [5.41, 5.74) is 0.267. The van der Waals surface area contributed by atoms with Gasteiger partial charge in [0, 0.05) is 12.3 Å². The first kappa shape index (κ1) is 29.1. The molecule has 2 saturated heterocycles. The fourth-order valence-corrected chi connectivity index (χ4v) is 3.79. The maximum absolute atomic E-state index is 12.7. The number of carboxylic acids is 1. The summed E-state index contributed by atoms with van der Waals surface area (Å²) in [7, 11) is 0. The van der Waals surface area contributed by atoms with Gasteiger partial charge in [0.2, 0.25) is 18.1 Å². The Morgan fingerprint density at radius 2 is 1.92 bits per heavy atom. The maximum atomic E-state index is 12.7. The fraction of sp³-hybridized carbons (Fsp3) is 0.522. The van der Waals surface area contributed by atoms with Crippen LogP contribution >= 0.6 is 0 Å². The lowest BCUT2D eigenvalue weighted by atomic mass is 9.99. The van der Waals surface area contributed by atoms with E-state index < -0.39 is 60.4 Å². The molecular formula is C23H28N2O13. The molecule has 15 heteroatoms. The summed E-state index contributed by atoms with van der Waals surface area (Å²) in [6.45, 7) is 0.893. The molecule has 0 aliphatic carbocycles. The second-order valence-corrected chi connectivity index (χ2v) is 8.60. The number of aliphatic hydroxyl groups excluding tert-OH is 3. The van der Waals surface area contributed by atoms with Gasteiger partial charge in [0.05, 0.1) is 19.0 Å². The third kappa shape index (κ3) is 6.69. The number of carboxylic acid groups (broad SMARTS) is 1. The zero-order valence-electron chi connectivity index (χ0n) is 20.2. The summed E-state index contributed by atoms with van der Waals surface area (Å²) in [5.74, 6) is -4.18. The second kappa shape index (κ2) is 12.9. The van der Waals surface area contributed by atoms with E-state index in [1.165, 1.54) is 18.2 Å². The Kier molecular flexibility index (Phi) is 9.84. The van der Waals surface area contributed by atoms with E-state index >= 15 is 0 Å². The lowest BCUT2D eigenvalue weighted by molar-refractivity contribution is -0.271. The summed E-state index contributed by atoms with van der Waals surface area (Å²) in [5, 5.41) is 42.1. The van der Waals surface area contributed by atoms with Crippen LogP contribution in [0.2, 0.25) is 0 Å². The van der Waals surface area contributed by atoms with Crippen molar-refractivity contribution in [3.8, 4) is 5.75 Å². The fourth-order valence-electron chi connectivity index (χ4n) is 3.79. The van der Waals surface area contributed by atoms with Crippen LogP contribution in [0.5, 0.6) is 5.75 Å². The van der Waals surface area contributed by atoms with Crippen molar-refractivity contribution in [2.24, 2.45) is 5.92 Å². The molecule has 0 aromatic heterocycles. The molecule has 5 N–H and O–H groups in total. The van der Waals surface area contributed by atoms with Crippen molar-refractivity contribution in [2.75, 3.05) is 24.8 Å². The van der Waals surface area contributed by atoms with E-state index in [1.807, 2.05) is 0 Å². The van der Waals surface area contributed by atoms with E-state index in [-0.39, 0.29) is 44.3 Å². The molecule has 15 nitrogen and oxygen atoms in total. The van der Waals surface area contributed by atoms with Gasteiger partial charge in [-0.1, -0.05) is 13.0 Å². The van der Waals surface area contributed by atoms with Crippen LogP contribution < -0.4 is 15.0 Å². The number of carbonyl (C=O) groups is 5. The van der Waals surface area contributed by atoms with Crippen molar-refractivity contribution in [2.45, 2.75) is 50.7 Å². The van der Waals surface area contributed by atoms with Crippen LogP contribution in [0.25, 0.3) is 0 Å². The average molecular weight is 540 g/mol. The van der Waals surface area contributed by atoms with Gasteiger partial charge >= 0.3 is 11.9 Å². The number of benzene rings is 1. The molecular weight excluding hydrogens is 512 g/mol. The van der Waals surface area contributed by atoms with Crippen molar-refractivity contribution in [3.63, 3.8) is 0 Å². The molecule has 6 atom stereocenters. The Morgan fingerprint density at radius 3 is 2.55 bits per heavy atom. The standard InChI is InChI=1S/C23H28N2O13/c1-11-6-15(27)25(21(11)32)13-7-12(9-36-16(28)8-24-10-35-5-4-26)2-3-14(13)37-23-19(31)17(29)18(30)20(38-23)22(33)34/h2-4,7,11,17-20,23-24,29-31H,5-6,8-10H2,1H3,(H,33,34)/t11?,17-,18-,19+,20-,23+/m0/s1. The predicted molar refractivity (Wildman–Crippen MR) is 122 cm³/mol. The Hall–Kier alpha value is -3.47. The number of nitrogens with zero attached hydrogens (tertiary/aromatic N) is 1. The monoisotopic (exact) mass is 540 g/mol. The van der Waals surface area contributed by atoms with Gasteiger partial charge in [-0.2, -0.15) is 0 Å². The molecule has 1 aromatic carbocycles. The highest BCUT2D eigenvalue weighted by Crippen LogP contribution is 2.37. The minimum Gasteiger partial charge on any atom is -0.479 e. The third-order valence-corrected chi connectivity index (χ3v) is 5.75. The SMILES string of the molecule is CC1CC(=O)N(c2cc(COC(=O)CNCOCC=O)ccc2O[C@@H]2O[C@H](C(=O)O)[C@@H](O)[C@H](O)[C@H]2O)C1=O. The van der Waals surface area contributed by atoms with E-state index in [0.29, 0.717) is 11.8 Å².